The molecule has 2 N–H and O–H groups in total. The molecule has 0 saturated heterocycles. The summed E-state index contributed by atoms with van der Waals surface area (Å²) >= 11 is 0. The second kappa shape index (κ2) is 5.56. The molecule has 2 aromatic heterocycles. The Morgan fingerprint density at radius 3 is 2.67 bits per heavy atom. The molecule has 0 fully saturated rings. The molecule has 3 aromatic rings. The summed E-state index contributed by atoms with van der Waals surface area (Å²) in [5.41, 5.74) is 9.98. The van der Waals surface area contributed by atoms with Crippen molar-refractivity contribution in [3.05, 3.63) is 54.1 Å². The van der Waals surface area contributed by atoms with E-state index in [1.807, 2.05) is 30.6 Å². The SMILES string of the molecule is CCn1c(CC(C)c2ccc(N)cc2)nc2cnccc21. The fourth-order valence-corrected chi connectivity index (χ4v) is 2.76. The van der Waals surface area contributed by atoms with Crippen molar-refractivity contribution >= 4 is 16.7 Å². The number of benzene rings is 1. The van der Waals surface area contributed by atoms with Crippen LogP contribution in [-0.2, 0) is 13.0 Å². The predicted octanol–water partition coefficient (Wildman–Crippen LogP) is 3.38. The fourth-order valence-electron chi connectivity index (χ4n) is 2.76. The molecule has 21 heavy (non-hydrogen) atoms. The first kappa shape index (κ1) is 13.6. The highest BCUT2D eigenvalue weighted by molar-refractivity contribution is 5.74. The third-order valence-electron chi connectivity index (χ3n) is 3.94. The lowest BCUT2D eigenvalue weighted by molar-refractivity contribution is 0.654. The summed E-state index contributed by atoms with van der Waals surface area (Å²) < 4.78 is 2.27. The molecule has 4 nitrogen and oxygen atoms in total. The van der Waals surface area contributed by atoms with Gasteiger partial charge < -0.3 is 10.3 Å². The van der Waals surface area contributed by atoms with Crippen LogP contribution < -0.4 is 5.73 Å². The van der Waals surface area contributed by atoms with Crippen LogP contribution in [0.2, 0.25) is 0 Å². The first-order valence-corrected chi connectivity index (χ1v) is 7.33. The number of fused-ring (bicyclic) bond motifs is 1. The van der Waals surface area contributed by atoms with Gasteiger partial charge in [0.1, 0.15) is 11.3 Å². The average Bonchev–Trinajstić information content (AvgIpc) is 2.84. The van der Waals surface area contributed by atoms with Crippen molar-refractivity contribution in [1.82, 2.24) is 14.5 Å². The minimum atomic E-state index is 0.403. The van der Waals surface area contributed by atoms with Crippen molar-refractivity contribution in [3.63, 3.8) is 0 Å². The second-order valence-electron chi connectivity index (χ2n) is 5.41. The lowest BCUT2D eigenvalue weighted by Gasteiger charge is -2.13. The predicted molar refractivity (Wildman–Crippen MR) is 86.2 cm³/mol. The van der Waals surface area contributed by atoms with Gasteiger partial charge in [0, 0.05) is 24.8 Å². The van der Waals surface area contributed by atoms with E-state index in [0.29, 0.717) is 5.92 Å². The molecular weight excluding hydrogens is 260 g/mol. The Morgan fingerprint density at radius 2 is 1.95 bits per heavy atom. The van der Waals surface area contributed by atoms with Gasteiger partial charge in [0.2, 0.25) is 0 Å². The Balaban J connectivity index is 1.92. The maximum absolute atomic E-state index is 5.75. The van der Waals surface area contributed by atoms with Gasteiger partial charge >= 0.3 is 0 Å². The minimum absolute atomic E-state index is 0.403. The molecule has 0 bridgehead atoms. The van der Waals surface area contributed by atoms with Crippen molar-refractivity contribution in [2.24, 2.45) is 0 Å². The van der Waals surface area contributed by atoms with Gasteiger partial charge in [0.25, 0.3) is 0 Å². The molecular formula is C17H20N4. The Kier molecular flexibility index (Phi) is 3.60. The van der Waals surface area contributed by atoms with Crippen LogP contribution in [0.4, 0.5) is 5.69 Å². The van der Waals surface area contributed by atoms with E-state index in [2.05, 4.69) is 35.5 Å². The van der Waals surface area contributed by atoms with Crippen molar-refractivity contribution in [2.75, 3.05) is 5.73 Å². The summed E-state index contributed by atoms with van der Waals surface area (Å²) in [6.07, 6.45) is 4.56. The molecule has 1 atom stereocenters. The highest BCUT2D eigenvalue weighted by Crippen LogP contribution is 2.23. The molecule has 0 aliphatic carbocycles. The van der Waals surface area contributed by atoms with E-state index in [-0.39, 0.29) is 0 Å². The molecule has 0 amide bonds. The van der Waals surface area contributed by atoms with Gasteiger partial charge in [-0.05, 0) is 36.6 Å². The zero-order valence-corrected chi connectivity index (χ0v) is 12.5. The molecule has 1 aromatic carbocycles. The molecule has 108 valence electrons. The first-order valence-electron chi connectivity index (χ1n) is 7.33. The standard InChI is InChI=1S/C17H20N4/c1-3-21-16-8-9-19-11-15(16)20-17(21)10-12(2)13-4-6-14(18)7-5-13/h4-9,11-12H,3,10,18H2,1-2H3. The smallest absolute Gasteiger partial charge is 0.110 e. The number of imidazole rings is 1. The third-order valence-corrected chi connectivity index (χ3v) is 3.94. The largest absolute Gasteiger partial charge is 0.399 e. The Labute approximate surface area is 124 Å². The van der Waals surface area contributed by atoms with Gasteiger partial charge in [-0.25, -0.2) is 4.98 Å². The summed E-state index contributed by atoms with van der Waals surface area (Å²) in [5, 5.41) is 0. The van der Waals surface area contributed by atoms with Crippen LogP contribution in [0, 0.1) is 0 Å². The first-order chi connectivity index (χ1) is 10.2. The topological polar surface area (TPSA) is 56.7 Å². The number of aromatic nitrogens is 3. The Morgan fingerprint density at radius 1 is 1.19 bits per heavy atom. The fraction of sp³-hybridized carbons (Fsp3) is 0.294. The molecule has 0 aliphatic rings. The van der Waals surface area contributed by atoms with Crippen molar-refractivity contribution in [1.29, 1.82) is 0 Å². The normalized spacial score (nSPS) is 12.7. The van der Waals surface area contributed by atoms with Gasteiger partial charge in [-0.1, -0.05) is 19.1 Å². The van der Waals surface area contributed by atoms with E-state index in [1.54, 1.807) is 0 Å². The van der Waals surface area contributed by atoms with E-state index in [9.17, 15) is 0 Å². The van der Waals surface area contributed by atoms with Crippen molar-refractivity contribution < 1.29 is 0 Å². The van der Waals surface area contributed by atoms with Crippen LogP contribution >= 0.6 is 0 Å². The number of aryl methyl sites for hydroxylation is 1. The number of nitrogens with zero attached hydrogens (tertiary/aromatic N) is 3. The lowest BCUT2D eigenvalue weighted by Crippen LogP contribution is -2.06. The second-order valence-corrected chi connectivity index (χ2v) is 5.41. The van der Waals surface area contributed by atoms with Crippen LogP contribution in [-0.4, -0.2) is 14.5 Å². The van der Waals surface area contributed by atoms with E-state index in [0.717, 1.165) is 35.5 Å². The third kappa shape index (κ3) is 2.61. The summed E-state index contributed by atoms with van der Waals surface area (Å²) in [7, 11) is 0. The number of nitrogen functional groups attached to an aromatic ring is 1. The van der Waals surface area contributed by atoms with Crippen LogP contribution in [0.25, 0.3) is 11.0 Å². The molecule has 1 unspecified atom stereocenters. The zero-order chi connectivity index (χ0) is 14.8. The van der Waals surface area contributed by atoms with E-state index >= 15 is 0 Å². The summed E-state index contributed by atoms with van der Waals surface area (Å²) in [5.74, 6) is 1.52. The van der Waals surface area contributed by atoms with Gasteiger partial charge in [0.15, 0.2) is 0 Å². The van der Waals surface area contributed by atoms with Crippen LogP contribution in [0.15, 0.2) is 42.7 Å². The van der Waals surface area contributed by atoms with Crippen LogP contribution in [0.3, 0.4) is 0 Å². The monoisotopic (exact) mass is 280 g/mol. The van der Waals surface area contributed by atoms with E-state index < -0.39 is 0 Å². The number of hydrogen-bond acceptors (Lipinski definition) is 3. The summed E-state index contributed by atoms with van der Waals surface area (Å²) in [6.45, 7) is 5.30. The number of nitrogens with two attached hydrogens (primary N) is 1. The number of hydrogen-bond donors (Lipinski definition) is 1. The minimum Gasteiger partial charge on any atom is -0.399 e. The van der Waals surface area contributed by atoms with Crippen LogP contribution in [0.5, 0.6) is 0 Å². The van der Waals surface area contributed by atoms with Gasteiger partial charge in [0.05, 0.1) is 11.7 Å². The Hall–Kier alpha value is -2.36. The summed E-state index contributed by atoms with van der Waals surface area (Å²) in [4.78, 5) is 8.90. The maximum Gasteiger partial charge on any atom is 0.110 e. The quantitative estimate of drug-likeness (QED) is 0.745. The number of pyridine rings is 1. The molecule has 0 radical (unpaired) electrons. The summed E-state index contributed by atoms with van der Waals surface area (Å²) in [6, 6.07) is 10.1. The van der Waals surface area contributed by atoms with E-state index in [4.69, 9.17) is 10.7 Å². The molecule has 0 saturated carbocycles. The number of anilines is 1. The van der Waals surface area contributed by atoms with Gasteiger partial charge in [-0.2, -0.15) is 0 Å². The Bertz CT molecular complexity index is 743. The van der Waals surface area contributed by atoms with Gasteiger partial charge in [-0.15, -0.1) is 0 Å². The number of rotatable bonds is 4. The average molecular weight is 280 g/mol. The molecule has 0 aliphatic heterocycles. The van der Waals surface area contributed by atoms with E-state index in [1.165, 1.54) is 5.56 Å². The van der Waals surface area contributed by atoms with Crippen molar-refractivity contribution in [3.8, 4) is 0 Å². The lowest BCUT2D eigenvalue weighted by atomic mass is 9.97. The molecule has 4 heteroatoms. The van der Waals surface area contributed by atoms with Crippen molar-refractivity contribution in [2.45, 2.75) is 32.7 Å². The molecule has 0 spiro atoms. The molecule has 3 rings (SSSR count). The zero-order valence-electron chi connectivity index (χ0n) is 12.5. The van der Waals surface area contributed by atoms with Gasteiger partial charge in [-0.3, -0.25) is 4.98 Å². The highest BCUT2D eigenvalue weighted by atomic mass is 15.1. The maximum atomic E-state index is 5.75. The highest BCUT2D eigenvalue weighted by Gasteiger charge is 2.14. The van der Waals surface area contributed by atoms with Crippen LogP contribution in [0.1, 0.15) is 31.2 Å². The molecule has 2 heterocycles.